The van der Waals surface area contributed by atoms with Gasteiger partial charge in [-0.15, -0.1) is 0 Å². The van der Waals surface area contributed by atoms with Crippen LogP contribution in [0.4, 0.5) is 5.69 Å². The fourth-order valence-electron chi connectivity index (χ4n) is 3.89. The highest BCUT2D eigenvalue weighted by Crippen LogP contribution is 2.15. The van der Waals surface area contributed by atoms with Gasteiger partial charge in [0.15, 0.2) is 0 Å². The van der Waals surface area contributed by atoms with Crippen LogP contribution in [0.3, 0.4) is 0 Å². The number of aromatic hydroxyl groups is 1. The summed E-state index contributed by atoms with van der Waals surface area (Å²) in [5.41, 5.74) is 1.10. The van der Waals surface area contributed by atoms with Gasteiger partial charge in [-0.3, -0.25) is 0 Å². The first-order valence-corrected chi connectivity index (χ1v) is 13.0. The number of rotatable bonds is 21. The maximum atomic E-state index is 9.27. The Morgan fingerprint density at radius 2 is 1.03 bits per heavy atom. The van der Waals surface area contributed by atoms with Crippen molar-refractivity contribution in [1.29, 1.82) is 0 Å². The van der Waals surface area contributed by atoms with Gasteiger partial charge in [0.25, 0.3) is 0 Å². The van der Waals surface area contributed by atoms with Crippen LogP contribution in [0.2, 0.25) is 0 Å². The van der Waals surface area contributed by atoms with Crippen molar-refractivity contribution in [2.75, 3.05) is 11.9 Å². The van der Waals surface area contributed by atoms with Gasteiger partial charge in [0, 0.05) is 12.2 Å². The van der Waals surface area contributed by atoms with Crippen molar-refractivity contribution in [3.63, 3.8) is 0 Å². The maximum absolute atomic E-state index is 9.27. The Morgan fingerprint density at radius 1 is 0.600 bits per heavy atom. The summed E-state index contributed by atoms with van der Waals surface area (Å²) >= 11 is 0. The largest absolute Gasteiger partial charge is 0.508 e. The van der Waals surface area contributed by atoms with Crippen LogP contribution in [0.5, 0.6) is 5.75 Å². The Hall–Kier alpha value is -1.44. The summed E-state index contributed by atoms with van der Waals surface area (Å²) in [5.74, 6) is 0.330. The van der Waals surface area contributed by atoms with E-state index in [0.717, 1.165) is 12.2 Å². The van der Waals surface area contributed by atoms with E-state index < -0.39 is 0 Å². The van der Waals surface area contributed by atoms with Crippen molar-refractivity contribution in [2.45, 2.75) is 122 Å². The zero-order valence-electron chi connectivity index (χ0n) is 19.8. The van der Waals surface area contributed by atoms with Gasteiger partial charge in [-0.1, -0.05) is 103 Å². The molecular formula is C28H49NO. The van der Waals surface area contributed by atoms with Gasteiger partial charge >= 0.3 is 0 Å². The number of hydrogen-bond acceptors (Lipinski definition) is 2. The van der Waals surface area contributed by atoms with Crippen molar-refractivity contribution in [3.8, 4) is 5.75 Å². The molecule has 0 aliphatic rings. The van der Waals surface area contributed by atoms with Gasteiger partial charge in [-0.25, -0.2) is 0 Å². The number of allylic oxidation sites excluding steroid dienone is 2. The third kappa shape index (κ3) is 17.4. The molecule has 0 heterocycles. The molecule has 0 bridgehead atoms. The third-order valence-corrected chi connectivity index (χ3v) is 5.89. The molecule has 0 saturated carbocycles. The van der Waals surface area contributed by atoms with Crippen LogP contribution in [-0.4, -0.2) is 11.7 Å². The molecular weight excluding hydrogens is 366 g/mol. The van der Waals surface area contributed by atoms with Crippen LogP contribution < -0.4 is 5.32 Å². The smallest absolute Gasteiger partial charge is 0.115 e. The molecule has 0 aromatic heterocycles. The predicted octanol–water partition coefficient (Wildman–Crippen LogP) is 9.40. The molecule has 1 rings (SSSR count). The molecule has 2 heteroatoms. The third-order valence-electron chi connectivity index (χ3n) is 5.89. The van der Waals surface area contributed by atoms with Crippen molar-refractivity contribution >= 4 is 5.69 Å². The molecule has 0 fully saturated rings. The van der Waals surface area contributed by atoms with E-state index in [2.05, 4.69) is 24.4 Å². The van der Waals surface area contributed by atoms with Gasteiger partial charge in [-0.2, -0.15) is 0 Å². The summed E-state index contributed by atoms with van der Waals surface area (Å²) in [5, 5.41) is 12.7. The van der Waals surface area contributed by atoms with E-state index in [1.807, 2.05) is 12.1 Å². The second kappa shape index (κ2) is 20.8. The van der Waals surface area contributed by atoms with Gasteiger partial charge in [0.1, 0.15) is 5.75 Å². The topological polar surface area (TPSA) is 32.3 Å². The molecule has 0 aliphatic heterocycles. The van der Waals surface area contributed by atoms with Crippen molar-refractivity contribution in [2.24, 2.45) is 0 Å². The molecule has 1 aromatic rings. The summed E-state index contributed by atoms with van der Waals surface area (Å²) in [7, 11) is 0. The SMILES string of the molecule is CCCCCCCCC=CCCCCCCCCCCCCNc1ccc(O)cc1. The second-order valence-electron chi connectivity index (χ2n) is 8.83. The number of hydrogen-bond donors (Lipinski definition) is 2. The summed E-state index contributed by atoms with van der Waals surface area (Å²) in [6, 6.07) is 7.33. The van der Waals surface area contributed by atoms with Crippen LogP contribution >= 0.6 is 0 Å². The lowest BCUT2D eigenvalue weighted by molar-refractivity contribution is 0.475. The standard InChI is InChI=1S/C28H49NO/c1-2-3-4-5-6-7-8-9-10-11-12-13-14-15-16-17-18-19-20-21-26-29-27-22-24-28(30)25-23-27/h9-10,22-25,29-30H,2-8,11-21,26H2,1H3. The minimum Gasteiger partial charge on any atom is -0.508 e. The lowest BCUT2D eigenvalue weighted by Gasteiger charge is -2.06. The van der Waals surface area contributed by atoms with E-state index >= 15 is 0 Å². The zero-order chi connectivity index (χ0) is 21.5. The summed E-state index contributed by atoms with van der Waals surface area (Å²) in [6.45, 7) is 3.31. The molecule has 0 spiro atoms. The minimum atomic E-state index is 0.330. The summed E-state index contributed by atoms with van der Waals surface area (Å²) < 4.78 is 0. The van der Waals surface area contributed by atoms with Crippen molar-refractivity contribution in [1.82, 2.24) is 0 Å². The van der Waals surface area contributed by atoms with Crippen LogP contribution in [0, 0.1) is 0 Å². The lowest BCUT2D eigenvalue weighted by atomic mass is 10.1. The fraction of sp³-hybridized carbons (Fsp3) is 0.714. The maximum Gasteiger partial charge on any atom is 0.115 e. The van der Waals surface area contributed by atoms with E-state index in [1.54, 1.807) is 12.1 Å². The van der Waals surface area contributed by atoms with Gasteiger partial charge in [0.2, 0.25) is 0 Å². The van der Waals surface area contributed by atoms with Gasteiger partial charge in [0.05, 0.1) is 0 Å². The normalized spacial score (nSPS) is 11.4. The first-order valence-electron chi connectivity index (χ1n) is 13.0. The van der Waals surface area contributed by atoms with Crippen LogP contribution in [0.15, 0.2) is 36.4 Å². The molecule has 0 saturated heterocycles. The van der Waals surface area contributed by atoms with E-state index in [0.29, 0.717) is 5.75 Å². The molecule has 1 aromatic carbocycles. The average molecular weight is 416 g/mol. The molecule has 0 aliphatic carbocycles. The lowest BCUT2D eigenvalue weighted by Crippen LogP contribution is -2.00. The number of phenols is 1. The predicted molar refractivity (Wildman–Crippen MR) is 135 cm³/mol. The van der Waals surface area contributed by atoms with E-state index in [4.69, 9.17) is 0 Å². The van der Waals surface area contributed by atoms with Crippen LogP contribution in [-0.2, 0) is 0 Å². The zero-order valence-corrected chi connectivity index (χ0v) is 19.8. The Kier molecular flexibility index (Phi) is 18.5. The average Bonchev–Trinajstić information content (AvgIpc) is 2.76. The molecule has 2 nitrogen and oxygen atoms in total. The molecule has 0 radical (unpaired) electrons. The number of anilines is 1. The number of phenolic OH excluding ortho intramolecular Hbond substituents is 1. The van der Waals surface area contributed by atoms with E-state index in [9.17, 15) is 5.11 Å². The number of unbranched alkanes of at least 4 members (excludes halogenated alkanes) is 16. The van der Waals surface area contributed by atoms with Gasteiger partial charge in [-0.05, 0) is 56.4 Å². The first kappa shape index (κ1) is 26.6. The Morgan fingerprint density at radius 3 is 1.53 bits per heavy atom. The Bertz CT molecular complexity index is 494. The van der Waals surface area contributed by atoms with Gasteiger partial charge < -0.3 is 10.4 Å². The van der Waals surface area contributed by atoms with Crippen LogP contribution in [0.1, 0.15) is 122 Å². The molecule has 0 unspecified atom stereocenters. The first-order chi connectivity index (χ1) is 14.8. The van der Waals surface area contributed by atoms with Crippen LogP contribution in [0.25, 0.3) is 0 Å². The van der Waals surface area contributed by atoms with Crippen molar-refractivity contribution in [3.05, 3.63) is 36.4 Å². The van der Waals surface area contributed by atoms with E-state index in [-0.39, 0.29) is 0 Å². The Labute approximate surface area is 187 Å². The molecule has 2 N–H and O–H groups in total. The number of nitrogens with one attached hydrogen (secondary N) is 1. The quantitative estimate of drug-likeness (QED) is 0.119. The molecule has 0 atom stereocenters. The fourth-order valence-corrected chi connectivity index (χ4v) is 3.89. The van der Waals surface area contributed by atoms with E-state index in [1.165, 1.54) is 116 Å². The highest BCUT2D eigenvalue weighted by Gasteiger charge is 1.95. The highest BCUT2D eigenvalue weighted by molar-refractivity contribution is 5.45. The minimum absolute atomic E-state index is 0.330. The number of benzene rings is 1. The highest BCUT2D eigenvalue weighted by atomic mass is 16.3. The molecule has 0 amide bonds. The summed E-state index contributed by atoms with van der Waals surface area (Å²) in [6.07, 6.45) is 29.6. The second-order valence-corrected chi connectivity index (χ2v) is 8.83. The summed E-state index contributed by atoms with van der Waals surface area (Å²) in [4.78, 5) is 0. The van der Waals surface area contributed by atoms with Crippen molar-refractivity contribution < 1.29 is 5.11 Å². The molecule has 172 valence electrons. The molecule has 30 heavy (non-hydrogen) atoms. The Balaban J connectivity index is 1.72. The monoisotopic (exact) mass is 415 g/mol.